The summed E-state index contributed by atoms with van der Waals surface area (Å²) in [6, 6.07) is 7.44. The van der Waals surface area contributed by atoms with Crippen molar-refractivity contribution >= 4 is 23.4 Å². The van der Waals surface area contributed by atoms with Crippen molar-refractivity contribution in [3.8, 4) is 0 Å². The van der Waals surface area contributed by atoms with Gasteiger partial charge >= 0.3 is 0 Å². The minimum Gasteiger partial charge on any atom is -0.355 e. The van der Waals surface area contributed by atoms with Crippen molar-refractivity contribution < 1.29 is 9.59 Å². The van der Waals surface area contributed by atoms with Crippen molar-refractivity contribution in [3.63, 3.8) is 0 Å². The number of benzene rings is 1. The fraction of sp³-hybridized carbons (Fsp3) is 0.385. The van der Waals surface area contributed by atoms with Crippen LogP contribution in [0.3, 0.4) is 0 Å². The Kier molecular flexibility index (Phi) is 6.22. The summed E-state index contributed by atoms with van der Waals surface area (Å²) in [6.07, 6.45) is 1.12. The van der Waals surface area contributed by atoms with E-state index in [0.717, 1.165) is 5.56 Å². The van der Waals surface area contributed by atoms with E-state index in [0.29, 0.717) is 31.0 Å². The maximum Gasteiger partial charge on any atom is 0.220 e. The van der Waals surface area contributed by atoms with Crippen LogP contribution >= 0.6 is 11.6 Å². The summed E-state index contributed by atoms with van der Waals surface area (Å²) >= 11 is 5.77. The SMILES string of the molecule is CC(=O)NCCNC(=O)CCc1ccc(Cl)cc1. The smallest absolute Gasteiger partial charge is 0.220 e. The van der Waals surface area contributed by atoms with E-state index < -0.39 is 0 Å². The van der Waals surface area contributed by atoms with Crippen molar-refractivity contribution in [1.29, 1.82) is 0 Å². The molecule has 98 valence electrons. The molecular weight excluding hydrogens is 252 g/mol. The molecule has 0 spiro atoms. The molecule has 5 heteroatoms. The molecule has 0 heterocycles. The predicted octanol–water partition coefficient (Wildman–Crippen LogP) is 1.52. The number of nitrogens with one attached hydrogen (secondary N) is 2. The Hall–Kier alpha value is -1.55. The largest absolute Gasteiger partial charge is 0.355 e. The number of rotatable bonds is 6. The first-order valence-electron chi connectivity index (χ1n) is 5.83. The average Bonchev–Trinajstić information content (AvgIpc) is 2.34. The van der Waals surface area contributed by atoms with E-state index in [9.17, 15) is 9.59 Å². The Morgan fingerprint density at radius 2 is 1.72 bits per heavy atom. The summed E-state index contributed by atoms with van der Waals surface area (Å²) in [4.78, 5) is 22.1. The van der Waals surface area contributed by atoms with Crippen LogP contribution in [0, 0.1) is 0 Å². The van der Waals surface area contributed by atoms with Crippen molar-refractivity contribution in [1.82, 2.24) is 10.6 Å². The highest BCUT2D eigenvalue weighted by Crippen LogP contribution is 2.10. The van der Waals surface area contributed by atoms with Gasteiger partial charge in [0, 0.05) is 31.5 Å². The minimum atomic E-state index is -0.0922. The lowest BCUT2D eigenvalue weighted by Gasteiger charge is -2.05. The number of carbonyl (C=O) groups is 2. The molecule has 0 unspecified atom stereocenters. The van der Waals surface area contributed by atoms with E-state index in [1.807, 2.05) is 24.3 Å². The zero-order valence-corrected chi connectivity index (χ0v) is 11.1. The van der Waals surface area contributed by atoms with Crippen LogP contribution in [0.5, 0.6) is 0 Å². The molecule has 18 heavy (non-hydrogen) atoms. The molecule has 4 nitrogen and oxygen atoms in total. The second-order valence-corrected chi connectivity index (χ2v) is 4.40. The molecule has 0 aliphatic carbocycles. The van der Waals surface area contributed by atoms with Gasteiger partial charge in [-0.05, 0) is 24.1 Å². The van der Waals surface area contributed by atoms with E-state index in [4.69, 9.17) is 11.6 Å². The van der Waals surface area contributed by atoms with Crippen molar-refractivity contribution in [2.75, 3.05) is 13.1 Å². The third-order valence-electron chi connectivity index (χ3n) is 2.38. The molecule has 0 radical (unpaired) electrons. The lowest BCUT2D eigenvalue weighted by Crippen LogP contribution is -2.33. The van der Waals surface area contributed by atoms with Crippen LogP contribution in [0.15, 0.2) is 24.3 Å². The Morgan fingerprint density at radius 1 is 1.11 bits per heavy atom. The van der Waals surface area contributed by atoms with E-state index in [-0.39, 0.29) is 11.8 Å². The minimum absolute atomic E-state index is 0.0182. The van der Waals surface area contributed by atoms with E-state index in [1.165, 1.54) is 6.92 Å². The molecule has 0 fully saturated rings. The Balaban J connectivity index is 2.17. The van der Waals surface area contributed by atoms with Gasteiger partial charge in [0.25, 0.3) is 0 Å². The van der Waals surface area contributed by atoms with Gasteiger partial charge < -0.3 is 10.6 Å². The Labute approximate surface area is 112 Å². The first kappa shape index (κ1) is 14.5. The van der Waals surface area contributed by atoms with Crippen LogP contribution in [0.25, 0.3) is 0 Å². The van der Waals surface area contributed by atoms with Crippen molar-refractivity contribution in [2.24, 2.45) is 0 Å². The molecule has 2 amide bonds. The third-order valence-corrected chi connectivity index (χ3v) is 2.63. The number of hydrogen-bond acceptors (Lipinski definition) is 2. The summed E-state index contributed by atoms with van der Waals surface area (Å²) in [6.45, 7) is 2.36. The predicted molar refractivity (Wildman–Crippen MR) is 71.5 cm³/mol. The van der Waals surface area contributed by atoms with E-state index >= 15 is 0 Å². The molecule has 1 aromatic carbocycles. The van der Waals surface area contributed by atoms with Gasteiger partial charge in [-0.1, -0.05) is 23.7 Å². The number of hydrogen-bond donors (Lipinski definition) is 2. The van der Waals surface area contributed by atoms with Gasteiger partial charge in [-0.15, -0.1) is 0 Å². The molecule has 0 atom stereocenters. The van der Waals surface area contributed by atoms with Crippen LogP contribution in [0.2, 0.25) is 5.02 Å². The van der Waals surface area contributed by atoms with Crippen LogP contribution in [-0.2, 0) is 16.0 Å². The summed E-state index contributed by atoms with van der Waals surface area (Å²) < 4.78 is 0. The van der Waals surface area contributed by atoms with Crippen LogP contribution < -0.4 is 10.6 Å². The fourth-order valence-electron chi connectivity index (χ4n) is 1.44. The zero-order valence-electron chi connectivity index (χ0n) is 10.3. The molecule has 0 saturated heterocycles. The van der Waals surface area contributed by atoms with Gasteiger partial charge in [0.1, 0.15) is 0 Å². The molecule has 0 saturated carbocycles. The van der Waals surface area contributed by atoms with Gasteiger partial charge in [0.2, 0.25) is 11.8 Å². The molecule has 0 aliphatic rings. The highest BCUT2D eigenvalue weighted by atomic mass is 35.5. The zero-order chi connectivity index (χ0) is 13.4. The van der Waals surface area contributed by atoms with Crippen LogP contribution in [0.1, 0.15) is 18.9 Å². The van der Waals surface area contributed by atoms with Crippen molar-refractivity contribution in [2.45, 2.75) is 19.8 Å². The lowest BCUT2D eigenvalue weighted by atomic mass is 10.1. The normalized spacial score (nSPS) is 9.89. The number of amides is 2. The van der Waals surface area contributed by atoms with Gasteiger partial charge in [-0.25, -0.2) is 0 Å². The number of carbonyl (C=O) groups excluding carboxylic acids is 2. The van der Waals surface area contributed by atoms with Gasteiger partial charge in [-0.2, -0.15) is 0 Å². The summed E-state index contributed by atoms with van der Waals surface area (Å²) in [7, 11) is 0. The molecule has 1 rings (SSSR count). The monoisotopic (exact) mass is 268 g/mol. The Morgan fingerprint density at radius 3 is 2.33 bits per heavy atom. The summed E-state index contributed by atoms with van der Waals surface area (Å²) in [5, 5.41) is 6.05. The first-order valence-corrected chi connectivity index (χ1v) is 6.21. The van der Waals surface area contributed by atoms with E-state index in [2.05, 4.69) is 10.6 Å². The number of aryl methyl sites for hydroxylation is 1. The highest BCUT2D eigenvalue weighted by molar-refractivity contribution is 6.30. The third kappa shape index (κ3) is 6.25. The molecular formula is C13H17ClN2O2. The van der Waals surface area contributed by atoms with Gasteiger partial charge in [0.15, 0.2) is 0 Å². The first-order chi connectivity index (χ1) is 8.58. The van der Waals surface area contributed by atoms with E-state index in [1.54, 1.807) is 0 Å². The van der Waals surface area contributed by atoms with Gasteiger partial charge in [0.05, 0.1) is 0 Å². The van der Waals surface area contributed by atoms with Crippen molar-refractivity contribution in [3.05, 3.63) is 34.9 Å². The second-order valence-electron chi connectivity index (χ2n) is 3.96. The molecule has 0 bridgehead atoms. The summed E-state index contributed by atoms with van der Waals surface area (Å²) in [5.41, 5.74) is 1.08. The number of halogens is 1. The lowest BCUT2D eigenvalue weighted by molar-refractivity contribution is -0.122. The maximum atomic E-state index is 11.5. The summed E-state index contributed by atoms with van der Waals surface area (Å²) in [5.74, 6) is -0.110. The fourth-order valence-corrected chi connectivity index (χ4v) is 1.56. The second kappa shape index (κ2) is 7.71. The maximum absolute atomic E-state index is 11.5. The Bertz CT molecular complexity index is 404. The molecule has 1 aromatic rings. The molecule has 0 aromatic heterocycles. The standard InChI is InChI=1S/C13H17ClN2O2/c1-10(17)15-8-9-16-13(18)7-4-11-2-5-12(14)6-3-11/h2-3,5-6H,4,7-9H2,1H3,(H,15,17)(H,16,18). The van der Waals surface area contributed by atoms with Crippen LogP contribution in [-0.4, -0.2) is 24.9 Å². The average molecular weight is 269 g/mol. The molecule has 0 aliphatic heterocycles. The van der Waals surface area contributed by atoms with Gasteiger partial charge in [-0.3, -0.25) is 9.59 Å². The quantitative estimate of drug-likeness (QED) is 0.769. The molecule has 2 N–H and O–H groups in total. The topological polar surface area (TPSA) is 58.2 Å². The highest BCUT2D eigenvalue weighted by Gasteiger charge is 2.01. The van der Waals surface area contributed by atoms with Crippen LogP contribution in [0.4, 0.5) is 0 Å².